The Kier molecular flexibility index (Phi) is 29.7. The molecule has 4 aliphatic heterocycles. The third kappa shape index (κ3) is 22.0. The number of aromatic amines is 4. The number of aromatic nitrogens is 8. The lowest BCUT2D eigenvalue weighted by atomic mass is 9.96. The molecule has 8 heterocycles. The molecule has 696 valence electrons. The van der Waals surface area contributed by atoms with E-state index in [4.69, 9.17) is 43.7 Å². The number of fused-ring (bicyclic) bond motifs is 2. The fourth-order valence-electron chi connectivity index (χ4n) is 17.5. The van der Waals surface area contributed by atoms with Crippen molar-refractivity contribution >= 4 is 75.6 Å². The van der Waals surface area contributed by atoms with Crippen LogP contribution in [0, 0.1) is 11.8 Å². The summed E-state index contributed by atoms with van der Waals surface area (Å²) in [6.45, 7) is 23.4. The number of likely N-dealkylation sites (tertiary alicyclic amines) is 4. The van der Waals surface area contributed by atoms with Gasteiger partial charge in [-0.15, -0.1) is 0 Å². The zero-order valence-corrected chi connectivity index (χ0v) is 77.2. The minimum absolute atomic E-state index is 0.133. The van der Waals surface area contributed by atoms with Gasteiger partial charge in [-0.1, -0.05) is 198 Å². The largest absolute Gasteiger partial charge is 0.496 e. The number of hydrogen-bond acceptors (Lipinski definition) is 19. The van der Waals surface area contributed by atoms with Crippen LogP contribution in [0.2, 0.25) is 0 Å². The van der Waals surface area contributed by atoms with Crippen LogP contribution in [0.15, 0.2) is 225 Å². The molecule has 4 aromatic heterocycles. The fourth-order valence-corrected chi connectivity index (χ4v) is 17.5. The Balaban J connectivity index is 0.000000187. The van der Waals surface area contributed by atoms with Gasteiger partial charge < -0.3 is 84.1 Å². The van der Waals surface area contributed by atoms with E-state index >= 15 is 0 Å². The highest BCUT2D eigenvalue weighted by Crippen LogP contribution is 2.42. The number of hydrogen-bond donors (Lipinski definition) is 8. The summed E-state index contributed by atoms with van der Waals surface area (Å²) in [7, 11) is 6.60. The second kappa shape index (κ2) is 41.9. The fraction of sp³-hybridized carbons (Fsp3) is 0.330. The minimum atomic E-state index is -1.02. The number of carboxylic acids is 1. The van der Waals surface area contributed by atoms with Crippen LogP contribution in [-0.4, -0.2) is 198 Å². The first-order chi connectivity index (χ1) is 64.4. The van der Waals surface area contributed by atoms with Crippen LogP contribution in [0.4, 0.5) is 19.2 Å². The topological polar surface area (TPSA) is 393 Å². The van der Waals surface area contributed by atoms with E-state index in [9.17, 15) is 43.2 Å². The number of ether oxygens (including phenoxy) is 6. The molecule has 0 aliphatic carbocycles. The predicted octanol–water partition coefficient (Wildman–Crippen LogP) is 18.3. The number of rotatable bonds is 24. The number of para-hydroxylation sites is 1. The number of esters is 1. The van der Waals surface area contributed by atoms with Gasteiger partial charge in [0.15, 0.2) is 0 Å². The number of H-pyrrole nitrogens is 4. The summed E-state index contributed by atoms with van der Waals surface area (Å²) in [6.07, 6.45) is 9.16. The van der Waals surface area contributed by atoms with Crippen LogP contribution in [0.1, 0.15) is 164 Å². The van der Waals surface area contributed by atoms with Crippen LogP contribution in [-0.2, 0) is 47.7 Å². The number of benzene rings is 8. The van der Waals surface area contributed by atoms with Gasteiger partial charge in [0, 0.05) is 42.9 Å². The summed E-state index contributed by atoms with van der Waals surface area (Å²) >= 11 is 0. The Morgan fingerprint density at radius 1 is 0.440 bits per heavy atom. The molecule has 12 aromatic rings. The number of methoxy groups -OCH3 is 5. The zero-order chi connectivity index (χ0) is 95.3. The summed E-state index contributed by atoms with van der Waals surface area (Å²) in [6, 6.07) is 54.2. The van der Waals surface area contributed by atoms with Gasteiger partial charge in [-0.3, -0.25) is 28.9 Å². The Morgan fingerprint density at radius 3 is 1.22 bits per heavy atom. The number of nitrogens with zero attached hydrogens (tertiary/aromatic N) is 8. The van der Waals surface area contributed by atoms with Gasteiger partial charge in [0.1, 0.15) is 52.8 Å². The Bertz CT molecular complexity index is 6310. The van der Waals surface area contributed by atoms with Crippen LogP contribution >= 0.6 is 0 Å². The van der Waals surface area contributed by atoms with E-state index in [0.717, 1.165) is 131 Å². The average Bonchev–Trinajstić information content (AvgIpc) is 1.13. The molecule has 0 bridgehead atoms. The molecule has 8 aromatic carbocycles. The summed E-state index contributed by atoms with van der Waals surface area (Å²) in [4.78, 5) is 152. The first-order valence-corrected chi connectivity index (χ1v) is 44.6. The van der Waals surface area contributed by atoms with E-state index in [2.05, 4.69) is 180 Å². The number of nitrogens with one attached hydrogen (secondary N) is 7. The first-order valence-electron chi connectivity index (χ1n) is 44.6. The molecule has 8 atom stereocenters. The third-order valence-corrected chi connectivity index (χ3v) is 24.5. The smallest absolute Gasteiger partial charge is 0.410 e. The van der Waals surface area contributed by atoms with Crippen molar-refractivity contribution in [3.63, 3.8) is 0 Å². The summed E-state index contributed by atoms with van der Waals surface area (Å²) in [5.74, 6) is -0.0712. The van der Waals surface area contributed by atoms with Crippen LogP contribution in [0.3, 0.4) is 0 Å². The zero-order valence-electron chi connectivity index (χ0n) is 77.2. The lowest BCUT2D eigenvalue weighted by Crippen LogP contribution is -2.51. The third-order valence-electron chi connectivity index (χ3n) is 24.5. The first kappa shape index (κ1) is 94.9. The van der Waals surface area contributed by atoms with E-state index in [-0.39, 0.29) is 66.2 Å². The molecule has 4 fully saturated rings. The van der Waals surface area contributed by atoms with Gasteiger partial charge in [0.25, 0.3) is 5.91 Å². The number of carbonyl (C=O) groups is 9. The maximum absolute atomic E-state index is 14.1. The molecule has 4 aliphatic rings. The minimum Gasteiger partial charge on any atom is -0.496 e. The number of aliphatic carboxylic acids is 1. The summed E-state index contributed by atoms with van der Waals surface area (Å²) in [5.41, 5.74) is 14.1. The summed E-state index contributed by atoms with van der Waals surface area (Å²) < 4.78 is 30.0. The standard InChI is InChI=1S/C49H52N8O7.C43H49N7O5.C11H12O4/c1-28(2)42(54-48(60)63-5)46(58)57-27-29(3)22-40(57)45-51-26-38(53-45)35-20-19-33-23-32(17-18-34(33)24-35)30-13-15-31(16-14-30)37-25-50-44(52-37)39-11-9-21-56(39)47(59)43(55-49(61)64-6)36-10-7-8-12-41(36)62-4;1-25(2)37(48-41(52)54-7)40(51)50-24-26(3)19-36(50)39-45-23-34(47-39)32-17-16-30-20-29(14-15-31(30)21-32)27-10-12-28(13-11-27)33-22-44-38(46-33)35-9-8-18-49(35)42(53)55-43(4,5)6;1-15-10(12)7-9(11(13)14)8-5-3-2-4-6-8/h7-8,10,12-20,23-26,28,39-40,42-43H,3,9,11,21-22,27H2,1-2,4-6H3,(H,50,52)(H,51,53)(H,54,60)(H,55,61);10-17,20-23,25,35-37H,3,8-9,18-19,24H2,1-2,4-7H3,(H,44,46)(H,45,47)(H,48,52);2-6,9H,7H2,1H3,(H,13,14)/t39-,40-,42-,43+;35-,36-,37-;9-/m001/s1. The molecule has 4 saturated heterocycles. The Morgan fingerprint density at radius 2 is 0.813 bits per heavy atom. The summed E-state index contributed by atoms with van der Waals surface area (Å²) in [5, 5.41) is 21.4. The van der Waals surface area contributed by atoms with Crippen LogP contribution in [0.25, 0.3) is 88.8 Å². The van der Waals surface area contributed by atoms with E-state index in [1.807, 2.05) is 60.7 Å². The average molecular weight is 1820 g/mol. The van der Waals surface area contributed by atoms with Gasteiger partial charge in [-0.05, 0) is 162 Å². The Labute approximate surface area is 776 Å². The molecule has 0 unspecified atom stereocenters. The molecule has 0 saturated carbocycles. The lowest BCUT2D eigenvalue weighted by Gasteiger charge is -2.29. The van der Waals surface area contributed by atoms with Gasteiger partial charge in [0.05, 0.1) is 120 Å². The van der Waals surface area contributed by atoms with Crippen molar-refractivity contribution in [2.45, 2.75) is 147 Å². The highest BCUT2D eigenvalue weighted by Gasteiger charge is 2.43. The van der Waals surface area contributed by atoms with Crippen molar-refractivity contribution in [2.75, 3.05) is 61.7 Å². The molecule has 8 N–H and O–H groups in total. The van der Waals surface area contributed by atoms with Gasteiger partial charge in [-0.2, -0.15) is 0 Å². The van der Waals surface area contributed by atoms with Crippen molar-refractivity contribution in [3.05, 3.63) is 259 Å². The Hall–Kier alpha value is -15.2. The van der Waals surface area contributed by atoms with E-state index in [0.29, 0.717) is 73.4 Å². The number of carbonyl (C=O) groups excluding carboxylic acids is 8. The maximum Gasteiger partial charge on any atom is 0.410 e. The molecular weight excluding hydrogens is 1700 g/mol. The second-order valence-electron chi connectivity index (χ2n) is 35.4. The SMILES string of the molecule is C=C1C[C@@H](c2ncc(-c3ccc4cc(-c5ccc(-c6cnc([C@@H]7CCCN7C(=O)OC(C)(C)C)[nH]6)cc5)ccc4c3)[nH]2)N(C(=O)[C@@H](NC(=O)OC)C(C)C)C1.C=C1C[C@@H](c2ncc(-c3ccc4cc(-c5ccc(-c6cnc([C@@H]7CCCN7C(=O)[C@H](NC(=O)OC)c7ccccc7OC)[nH]6)cc5)ccc4c3)[nH]2)N(C(=O)[C@@H](NC(=O)OC)C(C)C)C1.COC(=O)C[C@@H](C(=O)O)c1ccccc1. The molecule has 31 heteroatoms. The molecular formula is C103H113N15O16. The number of carboxylic acid groups (broad SMARTS) is 1. The maximum atomic E-state index is 14.1. The molecule has 31 nitrogen and oxygen atoms in total. The van der Waals surface area contributed by atoms with Crippen molar-refractivity contribution in [3.8, 4) is 73.0 Å². The van der Waals surface area contributed by atoms with Crippen molar-refractivity contribution in [1.82, 2.24) is 75.4 Å². The second-order valence-corrected chi connectivity index (χ2v) is 35.4. The van der Waals surface area contributed by atoms with Crippen LogP contribution in [0.5, 0.6) is 5.75 Å². The highest BCUT2D eigenvalue weighted by molar-refractivity contribution is 5.94. The van der Waals surface area contributed by atoms with Crippen molar-refractivity contribution in [2.24, 2.45) is 11.8 Å². The van der Waals surface area contributed by atoms with Crippen molar-refractivity contribution < 1.29 is 76.7 Å². The highest BCUT2D eigenvalue weighted by atomic mass is 16.6. The van der Waals surface area contributed by atoms with Gasteiger partial charge in [0.2, 0.25) is 11.8 Å². The molecule has 134 heavy (non-hydrogen) atoms. The van der Waals surface area contributed by atoms with Gasteiger partial charge >= 0.3 is 36.3 Å². The number of alkyl carbamates (subject to hydrolysis) is 3. The molecule has 16 rings (SSSR count). The van der Waals surface area contributed by atoms with E-state index < -0.39 is 59.9 Å². The predicted molar refractivity (Wildman–Crippen MR) is 507 cm³/mol. The van der Waals surface area contributed by atoms with Crippen LogP contribution < -0.4 is 20.7 Å². The quantitative estimate of drug-likeness (QED) is 0.0158. The molecule has 7 amide bonds. The van der Waals surface area contributed by atoms with E-state index in [1.54, 1.807) is 86.7 Å². The number of imidazole rings is 4. The van der Waals surface area contributed by atoms with Crippen molar-refractivity contribution in [1.29, 1.82) is 0 Å². The molecule has 0 radical (unpaired) electrons. The van der Waals surface area contributed by atoms with E-state index in [1.165, 1.54) is 35.5 Å². The normalized spacial score (nSPS) is 16.8. The molecule has 0 spiro atoms. The monoisotopic (exact) mass is 1820 g/mol. The van der Waals surface area contributed by atoms with Gasteiger partial charge in [-0.25, -0.2) is 39.1 Å². The lowest BCUT2D eigenvalue weighted by molar-refractivity contribution is -0.147. The number of amides is 7.